The highest BCUT2D eigenvalue weighted by Crippen LogP contribution is 2.13. The Balaban J connectivity index is 2.06. The van der Waals surface area contributed by atoms with Gasteiger partial charge in [0.25, 0.3) is 0 Å². The van der Waals surface area contributed by atoms with Crippen LogP contribution in [-0.2, 0) is 19.9 Å². The minimum atomic E-state index is 0.227. The maximum Gasteiger partial charge on any atom is 0.0522 e. The minimum absolute atomic E-state index is 0.227. The molecule has 0 radical (unpaired) electrons. The van der Waals surface area contributed by atoms with E-state index in [1.54, 1.807) is 0 Å². The van der Waals surface area contributed by atoms with Crippen molar-refractivity contribution in [1.82, 2.24) is 15.2 Å². The van der Waals surface area contributed by atoms with E-state index >= 15 is 0 Å². The van der Waals surface area contributed by atoms with Gasteiger partial charge in [0.1, 0.15) is 0 Å². The van der Waals surface area contributed by atoms with Crippen LogP contribution in [0, 0.1) is 13.8 Å². The molecule has 1 atom stereocenters. The summed E-state index contributed by atoms with van der Waals surface area (Å²) in [4.78, 5) is 0. The quantitative estimate of drug-likeness (QED) is 0.633. The number of nitrogens with two attached hydrogens (primary N) is 1. The summed E-state index contributed by atoms with van der Waals surface area (Å²) in [5.74, 6) is 5.67. The van der Waals surface area contributed by atoms with Crippen molar-refractivity contribution in [2.75, 3.05) is 0 Å². The standard InChI is InChI=1S/C15H22N4/c1-11-4-12(2)6-13(5-11)7-15(18-16)8-14-9-17-19(3)10-14/h4-6,9-10,15,18H,7-8,16H2,1-3H3. The Bertz CT molecular complexity index is 525. The van der Waals surface area contributed by atoms with Crippen LogP contribution >= 0.6 is 0 Å². The second-order valence-corrected chi connectivity index (χ2v) is 5.29. The molecule has 0 amide bonds. The zero-order valence-electron chi connectivity index (χ0n) is 11.9. The number of hydrogen-bond acceptors (Lipinski definition) is 3. The maximum atomic E-state index is 5.67. The minimum Gasteiger partial charge on any atom is -0.276 e. The Hall–Kier alpha value is -1.65. The number of hydrogen-bond donors (Lipinski definition) is 2. The van der Waals surface area contributed by atoms with Gasteiger partial charge in [-0.25, -0.2) is 0 Å². The molecule has 0 aliphatic rings. The van der Waals surface area contributed by atoms with Crippen molar-refractivity contribution >= 4 is 0 Å². The number of aromatic nitrogens is 2. The average molecular weight is 258 g/mol. The summed E-state index contributed by atoms with van der Waals surface area (Å²) in [7, 11) is 1.93. The first-order valence-electron chi connectivity index (χ1n) is 6.57. The summed E-state index contributed by atoms with van der Waals surface area (Å²) in [6.07, 6.45) is 5.74. The van der Waals surface area contributed by atoms with Gasteiger partial charge in [0, 0.05) is 19.3 Å². The highest BCUT2D eigenvalue weighted by molar-refractivity contribution is 5.29. The van der Waals surface area contributed by atoms with Gasteiger partial charge in [-0.1, -0.05) is 29.3 Å². The molecule has 2 rings (SSSR count). The average Bonchev–Trinajstić information content (AvgIpc) is 2.72. The molecule has 0 fully saturated rings. The van der Waals surface area contributed by atoms with Crippen LogP contribution < -0.4 is 11.3 Å². The van der Waals surface area contributed by atoms with E-state index in [1.165, 1.54) is 22.3 Å². The van der Waals surface area contributed by atoms with Gasteiger partial charge in [-0.2, -0.15) is 5.10 Å². The van der Waals surface area contributed by atoms with E-state index in [9.17, 15) is 0 Å². The highest BCUT2D eigenvalue weighted by atomic mass is 15.2. The zero-order valence-corrected chi connectivity index (χ0v) is 11.9. The summed E-state index contributed by atoms with van der Waals surface area (Å²) in [6, 6.07) is 6.86. The molecule has 0 saturated carbocycles. The number of nitrogens with one attached hydrogen (secondary N) is 1. The lowest BCUT2D eigenvalue weighted by Gasteiger charge is -2.16. The maximum absolute atomic E-state index is 5.67. The van der Waals surface area contributed by atoms with E-state index in [1.807, 2.05) is 24.1 Å². The molecular formula is C15H22N4. The molecule has 1 heterocycles. The molecular weight excluding hydrogens is 236 g/mol. The van der Waals surface area contributed by atoms with E-state index in [0.29, 0.717) is 0 Å². The Kier molecular flexibility index (Phi) is 4.35. The Morgan fingerprint density at radius 2 is 1.79 bits per heavy atom. The molecule has 1 aromatic carbocycles. The van der Waals surface area contributed by atoms with Gasteiger partial charge in [-0.3, -0.25) is 16.0 Å². The molecule has 19 heavy (non-hydrogen) atoms. The van der Waals surface area contributed by atoms with Gasteiger partial charge in [0.05, 0.1) is 6.20 Å². The smallest absolute Gasteiger partial charge is 0.0522 e. The summed E-state index contributed by atoms with van der Waals surface area (Å²) >= 11 is 0. The summed E-state index contributed by atoms with van der Waals surface area (Å²) < 4.78 is 1.82. The molecule has 4 heteroatoms. The topological polar surface area (TPSA) is 55.9 Å². The van der Waals surface area contributed by atoms with Crippen LogP contribution in [0.3, 0.4) is 0 Å². The number of nitrogens with zero attached hydrogens (tertiary/aromatic N) is 2. The largest absolute Gasteiger partial charge is 0.276 e. The van der Waals surface area contributed by atoms with Crippen LogP contribution in [0.15, 0.2) is 30.6 Å². The first-order chi connectivity index (χ1) is 9.06. The van der Waals surface area contributed by atoms with Crippen LogP contribution in [0.2, 0.25) is 0 Å². The van der Waals surface area contributed by atoms with Crippen molar-refractivity contribution in [1.29, 1.82) is 0 Å². The van der Waals surface area contributed by atoms with E-state index in [4.69, 9.17) is 5.84 Å². The monoisotopic (exact) mass is 258 g/mol. The molecule has 4 nitrogen and oxygen atoms in total. The molecule has 0 aliphatic carbocycles. The SMILES string of the molecule is Cc1cc(C)cc(CC(Cc2cnn(C)c2)NN)c1. The van der Waals surface area contributed by atoms with Gasteiger partial charge in [0.15, 0.2) is 0 Å². The predicted molar refractivity (Wildman–Crippen MR) is 77.6 cm³/mol. The third kappa shape index (κ3) is 3.91. The number of hydrazine groups is 1. The molecule has 0 saturated heterocycles. The lowest BCUT2D eigenvalue weighted by molar-refractivity contribution is 0.522. The van der Waals surface area contributed by atoms with Gasteiger partial charge in [0.2, 0.25) is 0 Å². The molecule has 0 spiro atoms. The normalized spacial score (nSPS) is 12.6. The summed E-state index contributed by atoms with van der Waals surface area (Å²) in [6.45, 7) is 4.25. The van der Waals surface area contributed by atoms with Crippen molar-refractivity contribution in [3.05, 3.63) is 52.8 Å². The van der Waals surface area contributed by atoms with Crippen molar-refractivity contribution in [2.45, 2.75) is 32.7 Å². The van der Waals surface area contributed by atoms with Crippen molar-refractivity contribution in [2.24, 2.45) is 12.9 Å². The molecule has 3 N–H and O–H groups in total. The second-order valence-electron chi connectivity index (χ2n) is 5.29. The molecule has 1 unspecified atom stereocenters. The van der Waals surface area contributed by atoms with E-state index in [-0.39, 0.29) is 6.04 Å². The lowest BCUT2D eigenvalue weighted by Crippen LogP contribution is -2.38. The third-order valence-electron chi connectivity index (χ3n) is 3.24. The van der Waals surface area contributed by atoms with Crippen LogP contribution in [-0.4, -0.2) is 15.8 Å². The molecule has 0 aliphatic heterocycles. The Morgan fingerprint density at radius 3 is 2.32 bits per heavy atom. The predicted octanol–water partition coefficient (Wildman–Crippen LogP) is 1.65. The molecule has 2 aromatic rings. The van der Waals surface area contributed by atoms with Crippen LogP contribution in [0.4, 0.5) is 0 Å². The molecule has 102 valence electrons. The first kappa shape index (κ1) is 13.8. The zero-order chi connectivity index (χ0) is 13.8. The summed E-state index contributed by atoms with van der Waals surface area (Å²) in [5.41, 5.74) is 8.03. The fourth-order valence-electron chi connectivity index (χ4n) is 2.52. The highest BCUT2D eigenvalue weighted by Gasteiger charge is 2.10. The number of aryl methyl sites for hydroxylation is 3. The Labute approximate surface area is 114 Å². The van der Waals surface area contributed by atoms with Gasteiger partial charge >= 0.3 is 0 Å². The fraction of sp³-hybridized carbons (Fsp3) is 0.400. The summed E-state index contributed by atoms with van der Waals surface area (Å²) in [5, 5.41) is 4.19. The molecule has 0 bridgehead atoms. The fourth-order valence-corrected chi connectivity index (χ4v) is 2.52. The van der Waals surface area contributed by atoms with Crippen molar-refractivity contribution in [3.63, 3.8) is 0 Å². The number of benzene rings is 1. The van der Waals surface area contributed by atoms with E-state index in [2.05, 4.69) is 42.6 Å². The lowest BCUT2D eigenvalue weighted by atomic mass is 9.98. The van der Waals surface area contributed by atoms with Crippen LogP contribution in [0.25, 0.3) is 0 Å². The molecule has 1 aromatic heterocycles. The first-order valence-corrected chi connectivity index (χ1v) is 6.57. The van der Waals surface area contributed by atoms with Crippen molar-refractivity contribution in [3.8, 4) is 0 Å². The number of rotatable bonds is 5. The Morgan fingerprint density at radius 1 is 1.16 bits per heavy atom. The van der Waals surface area contributed by atoms with Crippen molar-refractivity contribution < 1.29 is 0 Å². The van der Waals surface area contributed by atoms with Crippen LogP contribution in [0.5, 0.6) is 0 Å². The van der Waals surface area contributed by atoms with Gasteiger partial charge in [-0.15, -0.1) is 0 Å². The van der Waals surface area contributed by atoms with Crippen LogP contribution in [0.1, 0.15) is 22.3 Å². The van der Waals surface area contributed by atoms with Gasteiger partial charge < -0.3 is 0 Å². The van der Waals surface area contributed by atoms with E-state index in [0.717, 1.165) is 12.8 Å². The second kappa shape index (κ2) is 5.99. The third-order valence-corrected chi connectivity index (χ3v) is 3.24. The van der Waals surface area contributed by atoms with Gasteiger partial charge in [-0.05, 0) is 37.8 Å². The van der Waals surface area contributed by atoms with E-state index < -0.39 is 0 Å².